The zero-order valence-electron chi connectivity index (χ0n) is 9.94. The largest absolute Gasteiger partial charge is 0.497 e. The highest BCUT2D eigenvalue weighted by atomic mass is 16.5. The van der Waals surface area contributed by atoms with Crippen molar-refractivity contribution in [2.45, 2.75) is 6.92 Å². The molecule has 0 aliphatic heterocycles. The van der Waals surface area contributed by atoms with Gasteiger partial charge in [-0.1, -0.05) is 24.3 Å². The molecule has 0 aliphatic carbocycles. The first-order valence-electron chi connectivity index (χ1n) is 5.45. The van der Waals surface area contributed by atoms with Crippen LogP contribution in [0.25, 0.3) is 11.1 Å². The van der Waals surface area contributed by atoms with Crippen molar-refractivity contribution in [3.05, 3.63) is 53.6 Å². The van der Waals surface area contributed by atoms with E-state index in [1.54, 1.807) is 13.2 Å². The maximum absolute atomic E-state index is 11.1. The second-order valence-electron chi connectivity index (χ2n) is 3.89. The third kappa shape index (κ3) is 2.21. The summed E-state index contributed by atoms with van der Waals surface area (Å²) in [6.45, 7) is 2.04. The maximum Gasteiger partial charge on any atom is 0.150 e. The minimum absolute atomic E-state index is 0.652. The third-order valence-corrected chi connectivity index (χ3v) is 2.82. The summed E-state index contributed by atoms with van der Waals surface area (Å²) in [6.07, 6.45) is 0.865. The van der Waals surface area contributed by atoms with Crippen LogP contribution in [0.5, 0.6) is 5.75 Å². The van der Waals surface area contributed by atoms with Gasteiger partial charge in [0.25, 0.3) is 0 Å². The number of rotatable bonds is 3. The van der Waals surface area contributed by atoms with E-state index in [0.717, 1.165) is 23.0 Å². The molecule has 2 heteroatoms. The molecule has 0 heterocycles. The first-order valence-corrected chi connectivity index (χ1v) is 5.45. The first kappa shape index (κ1) is 11.4. The van der Waals surface area contributed by atoms with Gasteiger partial charge >= 0.3 is 0 Å². The minimum Gasteiger partial charge on any atom is -0.497 e. The normalized spacial score (nSPS) is 10.0. The van der Waals surface area contributed by atoms with Gasteiger partial charge in [0.1, 0.15) is 5.75 Å². The smallest absolute Gasteiger partial charge is 0.150 e. The summed E-state index contributed by atoms with van der Waals surface area (Å²) in [5, 5.41) is 0. The second-order valence-corrected chi connectivity index (χ2v) is 3.89. The maximum atomic E-state index is 11.1. The van der Waals surface area contributed by atoms with Crippen LogP contribution in [0.4, 0.5) is 0 Å². The number of benzene rings is 2. The zero-order chi connectivity index (χ0) is 12.3. The molecule has 0 saturated carbocycles. The Bertz CT molecular complexity index is 544. The molecule has 2 aromatic carbocycles. The molecule has 0 bridgehead atoms. The van der Waals surface area contributed by atoms with E-state index in [9.17, 15) is 4.79 Å². The van der Waals surface area contributed by atoms with E-state index in [4.69, 9.17) is 4.74 Å². The summed E-state index contributed by atoms with van der Waals surface area (Å²) in [4.78, 5) is 11.1. The Morgan fingerprint density at radius 1 is 1.06 bits per heavy atom. The summed E-state index contributed by atoms with van der Waals surface area (Å²) in [5.41, 5.74) is 3.83. The molecule has 2 nitrogen and oxygen atoms in total. The highest BCUT2D eigenvalue weighted by Crippen LogP contribution is 2.28. The van der Waals surface area contributed by atoms with Crippen LogP contribution < -0.4 is 4.74 Å². The number of carbonyl (C=O) groups is 1. The molecule has 0 amide bonds. The molecule has 0 radical (unpaired) electrons. The van der Waals surface area contributed by atoms with Gasteiger partial charge in [0.15, 0.2) is 6.29 Å². The average molecular weight is 226 g/mol. The summed E-state index contributed by atoms with van der Waals surface area (Å²) in [7, 11) is 1.59. The van der Waals surface area contributed by atoms with Crippen molar-refractivity contribution in [2.24, 2.45) is 0 Å². The Balaban J connectivity index is 2.60. The van der Waals surface area contributed by atoms with E-state index in [-0.39, 0.29) is 0 Å². The van der Waals surface area contributed by atoms with Crippen molar-refractivity contribution >= 4 is 6.29 Å². The fourth-order valence-electron chi connectivity index (χ4n) is 1.89. The molecule has 0 N–H and O–H groups in total. The number of aldehydes is 1. The number of ether oxygens (including phenoxy) is 1. The molecule has 2 rings (SSSR count). The van der Waals surface area contributed by atoms with E-state index in [1.165, 1.54) is 0 Å². The monoisotopic (exact) mass is 226 g/mol. The number of hydrogen-bond acceptors (Lipinski definition) is 2. The van der Waals surface area contributed by atoms with Gasteiger partial charge in [0, 0.05) is 5.56 Å². The molecule has 0 spiro atoms. The Hall–Kier alpha value is -2.09. The molecular formula is C15H14O2. The van der Waals surface area contributed by atoms with Crippen LogP contribution in [0, 0.1) is 6.92 Å². The molecular weight excluding hydrogens is 212 g/mol. The van der Waals surface area contributed by atoms with Crippen molar-refractivity contribution < 1.29 is 9.53 Å². The van der Waals surface area contributed by atoms with E-state index < -0.39 is 0 Å². The number of hydrogen-bond donors (Lipinski definition) is 0. The summed E-state index contributed by atoms with van der Waals surface area (Å²) < 4.78 is 5.12. The molecule has 86 valence electrons. The zero-order valence-corrected chi connectivity index (χ0v) is 9.94. The standard InChI is InChI=1S/C15H14O2/c1-11-5-3-4-6-14(11)15-8-7-13(17-2)9-12(15)10-16/h3-10H,1-2H3. The SMILES string of the molecule is COc1ccc(-c2ccccc2C)c(C=O)c1. The van der Waals surface area contributed by atoms with Crippen LogP contribution in [0.15, 0.2) is 42.5 Å². The van der Waals surface area contributed by atoms with Gasteiger partial charge in [-0.25, -0.2) is 0 Å². The van der Waals surface area contributed by atoms with E-state index in [1.807, 2.05) is 43.3 Å². The molecule has 0 saturated heterocycles. The number of methoxy groups -OCH3 is 1. The molecule has 0 unspecified atom stereocenters. The van der Waals surface area contributed by atoms with Crippen LogP contribution in [0.1, 0.15) is 15.9 Å². The topological polar surface area (TPSA) is 26.3 Å². The lowest BCUT2D eigenvalue weighted by Gasteiger charge is -2.09. The van der Waals surface area contributed by atoms with Gasteiger partial charge in [-0.3, -0.25) is 4.79 Å². The van der Waals surface area contributed by atoms with E-state index in [2.05, 4.69) is 0 Å². The molecule has 17 heavy (non-hydrogen) atoms. The molecule has 2 aromatic rings. The second kappa shape index (κ2) is 4.83. The van der Waals surface area contributed by atoms with Gasteiger partial charge in [-0.15, -0.1) is 0 Å². The lowest BCUT2D eigenvalue weighted by atomic mass is 9.96. The predicted octanol–water partition coefficient (Wildman–Crippen LogP) is 3.48. The van der Waals surface area contributed by atoms with Crippen molar-refractivity contribution in [2.75, 3.05) is 7.11 Å². The Morgan fingerprint density at radius 2 is 1.82 bits per heavy atom. The lowest BCUT2D eigenvalue weighted by Crippen LogP contribution is -1.92. The highest BCUT2D eigenvalue weighted by molar-refractivity contribution is 5.89. The predicted molar refractivity (Wildman–Crippen MR) is 68.6 cm³/mol. The summed E-state index contributed by atoms with van der Waals surface area (Å²) >= 11 is 0. The quantitative estimate of drug-likeness (QED) is 0.749. The van der Waals surface area contributed by atoms with Crippen molar-refractivity contribution in [3.8, 4) is 16.9 Å². The lowest BCUT2D eigenvalue weighted by molar-refractivity contribution is 0.112. The fourth-order valence-corrected chi connectivity index (χ4v) is 1.89. The number of carbonyl (C=O) groups excluding carboxylic acids is 1. The molecule has 0 aliphatic rings. The highest BCUT2D eigenvalue weighted by Gasteiger charge is 2.07. The summed E-state index contributed by atoms with van der Waals surface area (Å²) in [5.74, 6) is 0.699. The Labute approximate surface area is 101 Å². The Kier molecular flexibility index (Phi) is 3.24. The Morgan fingerprint density at radius 3 is 2.47 bits per heavy atom. The molecule has 0 fully saturated rings. The van der Waals surface area contributed by atoms with Crippen molar-refractivity contribution in [3.63, 3.8) is 0 Å². The summed E-state index contributed by atoms with van der Waals surface area (Å²) in [6, 6.07) is 13.6. The van der Waals surface area contributed by atoms with E-state index in [0.29, 0.717) is 11.3 Å². The van der Waals surface area contributed by atoms with Crippen LogP contribution in [0.2, 0.25) is 0 Å². The van der Waals surface area contributed by atoms with Gasteiger partial charge < -0.3 is 4.74 Å². The van der Waals surface area contributed by atoms with Crippen molar-refractivity contribution in [1.82, 2.24) is 0 Å². The van der Waals surface area contributed by atoms with Crippen LogP contribution in [-0.4, -0.2) is 13.4 Å². The third-order valence-electron chi connectivity index (χ3n) is 2.82. The minimum atomic E-state index is 0.652. The van der Waals surface area contributed by atoms with Gasteiger partial charge in [-0.2, -0.15) is 0 Å². The van der Waals surface area contributed by atoms with Crippen LogP contribution >= 0.6 is 0 Å². The van der Waals surface area contributed by atoms with Gasteiger partial charge in [0.2, 0.25) is 0 Å². The van der Waals surface area contributed by atoms with E-state index >= 15 is 0 Å². The van der Waals surface area contributed by atoms with Crippen LogP contribution in [-0.2, 0) is 0 Å². The molecule has 0 aromatic heterocycles. The average Bonchev–Trinajstić information content (AvgIpc) is 2.38. The van der Waals surface area contributed by atoms with Crippen molar-refractivity contribution in [1.29, 1.82) is 0 Å². The van der Waals surface area contributed by atoms with Gasteiger partial charge in [0.05, 0.1) is 7.11 Å². The number of aryl methyl sites for hydroxylation is 1. The molecule has 0 atom stereocenters. The van der Waals surface area contributed by atoms with Gasteiger partial charge in [-0.05, 0) is 41.8 Å². The first-order chi connectivity index (χ1) is 8.26. The van der Waals surface area contributed by atoms with Crippen LogP contribution in [0.3, 0.4) is 0 Å². The fraction of sp³-hybridized carbons (Fsp3) is 0.133.